The van der Waals surface area contributed by atoms with Crippen LogP contribution in [0.5, 0.6) is 0 Å². The molecule has 0 saturated heterocycles. The number of hydrogen-bond acceptors (Lipinski definition) is 1. The maximum Gasteiger partial charge on any atom is 0.101 e. The molecule has 1 nitrogen and oxygen atoms in total. The summed E-state index contributed by atoms with van der Waals surface area (Å²) in [6, 6.07) is 7.98. The van der Waals surface area contributed by atoms with E-state index in [1.807, 2.05) is 18.2 Å². The van der Waals surface area contributed by atoms with Crippen LogP contribution in [0.3, 0.4) is 0 Å². The van der Waals surface area contributed by atoms with Crippen LogP contribution < -0.4 is 0 Å². The van der Waals surface area contributed by atoms with Crippen LogP contribution in [-0.2, 0) is 0 Å². The molecule has 2 rings (SSSR count). The second kappa shape index (κ2) is 2.46. The van der Waals surface area contributed by atoms with Gasteiger partial charge in [-0.25, -0.2) is 0 Å². The van der Waals surface area contributed by atoms with Gasteiger partial charge in [0, 0.05) is 5.92 Å². The first-order valence-electron chi connectivity index (χ1n) is 4.17. The van der Waals surface area contributed by atoms with Gasteiger partial charge >= 0.3 is 0 Å². The molecule has 0 aromatic heterocycles. The van der Waals surface area contributed by atoms with E-state index in [0.29, 0.717) is 5.92 Å². The van der Waals surface area contributed by atoms with E-state index in [-0.39, 0.29) is 0 Å². The van der Waals surface area contributed by atoms with Crippen molar-refractivity contribution in [2.75, 3.05) is 0 Å². The molecule has 1 aromatic carbocycles. The van der Waals surface area contributed by atoms with Crippen LogP contribution in [0.15, 0.2) is 36.4 Å². The number of aliphatic hydroxyl groups is 1. The van der Waals surface area contributed by atoms with E-state index < -0.39 is 6.10 Å². The molecule has 1 heteroatoms. The molecule has 1 aliphatic carbocycles. The quantitative estimate of drug-likeness (QED) is 0.578. The Morgan fingerprint density at radius 2 is 1.83 bits per heavy atom. The molecule has 0 spiro atoms. The lowest BCUT2D eigenvalue weighted by molar-refractivity contribution is 0.219. The van der Waals surface area contributed by atoms with E-state index >= 15 is 0 Å². The van der Waals surface area contributed by atoms with Crippen molar-refractivity contribution in [1.82, 2.24) is 0 Å². The predicted octanol–water partition coefficient (Wildman–Crippen LogP) is 2.39. The lowest BCUT2D eigenvalue weighted by Gasteiger charge is -2.05. The Hall–Kier alpha value is -1.08. The second-order valence-electron chi connectivity index (χ2n) is 3.33. The van der Waals surface area contributed by atoms with Crippen molar-refractivity contribution >= 4 is 0 Å². The van der Waals surface area contributed by atoms with Gasteiger partial charge in [0.15, 0.2) is 0 Å². The van der Waals surface area contributed by atoms with Crippen LogP contribution in [0.2, 0.25) is 0 Å². The van der Waals surface area contributed by atoms with Crippen molar-refractivity contribution in [3.8, 4) is 0 Å². The molecule has 2 unspecified atom stereocenters. The minimum absolute atomic E-state index is 0.302. The Morgan fingerprint density at radius 3 is 2.42 bits per heavy atom. The Kier molecular flexibility index (Phi) is 1.55. The van der Waals surface area contributed by atoms with E-state index in [9.17, 15) is 5.11 Å². The average Bonchev–Trinajstić information content (AvgIpc) is 2.33. The van der Waals surface area contributed by atoms with Gasteiger partial charge in [0.2, 0.25) is 0 Å². The maximum atomic E-state index is 9.72. The summed E-state index contributed by atoms with van der Waals surface area (Å²) in [7, 11) is 0. The molecule has 0 saturated carbocycles. The molecule has 12 heavy (non-hydrogen) atoms. The number of hydrogen-bond donors (Lipinski definition) is 1. The van der Waals surface area contributed by atoms with Crippen molar-refractivity contribution in [2.24, 2.45) is 0 Å². The Balaban J connectivity index is 2.59. The summed E-state index contributed by atoms with van der Waals surface area (Å²) in [5.74, 6) is 0.302. The number of benzene rings is 1. The predicted molar refractivity (Wildman–Crippen MR) is 49.0 cm³/mol. The summed E-state index contributed by atoms with van der Waals surface area (Å²) < 4.78 is 0. The number of rotatable bonds is 0. The Labute approximate surface area is 72.4 Å². The lowest BCUT2D eigenvalue weighted by atomic mass is 10.0. The van der Waals surface area contributed by atoms with Gasteiger partial charge in [-0.2, -0.15) is 0 Å². The van der Waals surface area contributed by atoms with Crippen LogP contribution in [0.4, 0.5) is 0 Å². The minimum Gasteiger partial charge on any atom is -0.384 e. The van der Waals surface area contributed by atoms with Crippen molar-refractivity contribution in [2.45, 2.75) is 18.9 Å². The highest BCUT2D eigenvalue weighted by Crippen LogP contribution is 2.42. The third-order valence-electron chi connectivity index (χ3n) is 2.66. The number of fused-ring (bicyclic) bond motifs is 1. The van der Waals surface area contributed by atoms with Crippen molar-refractivity contribution in [3.63, 3.8) is 0 Å². The first-order valence-corrected chi connectivity index (χ1v) is 4.17. The van der Waals surface area contributed by atoms with Gasteiger partial charge in [-0.05, 0) is 16.7 Å². The molecular formula is C11H12O. The minimum atomic E-state index is -0.448. The standard InChI is InChI=1S/C11H12O/c1-7-8(2)11(12)10-6-4-3-5-9(7)10/h3-7,11-12H,2H2,1H3. The third-order valence-corrected chi connectivity index (χ3v) is 2.66. The van der Waals surface area contributed by atoms with Gasteiger partial charge in [-0.1, -0.05) is 37.8 Å². The smallest absolute Gasteiger partial charge is 0.101 e. The van der Waals surface area contributed by atoms with Crippen LogP contribution >= 0.6 is 0 Å². The summed E-state index contributed by atoms with van der Waals surface area (Å²) in [4.78, 5) is 0. The van der Waals surface area contributed by atoms with E-state index in [4.69, 9.17) is 0 Å². The molecule has 62 valence electrons. The average molecular weight is 160 g/mol. The Morgan fingerprint density at radius 1 is 1.25 bits per heavy atom. The molecule has 0 heterocycles. The van der Waals surface area contributed by atoms with E-state index in [2.05, 4.69) is 19.6 Å². The summed E-state index contributed by atoms with van der Waals surface area (Å²) >= 11 is 0. The van der Waals surface area contributed by atoms with Gasteiger partial charge in [-0.3, -0.25) is 0 Å². The highest BCUT2D eigenvalue weighted by molar-refractivity contribution is 5.46. The highest BCUT2D eigenvalue weighted by atomic mass is 16.3. The summed E-state index contributed by atoms with van der Waals surface area (Å²) in [5.41, 5.74) is 3.15. The van der Waals surface area contributed by atoms with Crippen LogP contribution in [0.25, 0.3) is 0 Å². The molecule has 0 bridgehead atoms. The fourth-order valence-electron chi connectivity index (χ4n) is 1.79. The molecule has 1 N–H and O–H groups in total. The molecule has 1 aromatic rings. The Bertz CT molecular complexity index is 297. The SMILES string of the molecule is C=C1C(C)c2ccccc2C1O. The molecule has 0 amide bonds. The largest absolute Gasteiger partial charge is 0.384 e. The first kappa shape index (κ1) is 7.56. The van der Waals surface area contributed by atoms with E-state index in [1.165, 1.54) is 5.56 Å². The zero-order valence-electron chi connectivity index (χ0n) is 7.12. The van der Waals surface area contributed by atoms with Gasteiger partial charge in [0.05, 0.1) is 0 Å². The topological polar surface area (TPSA) is 20.2 Å². The van der Waals surface area contributed by atoms with Gasteiger partial charge in [-0.15, -0.1) is 0 Å². The maximum absolute atomic E-state index is 9.72. The van der Waals surface area contributed by atoms with Crippen molar-refractivity contribution in [1.29, 1.82) is 0 Å². The monoisotopic (exact) mass is 160 g/mol. The highest BCUT2D eigenvalue weighted by Gasteiger charge is 2.29. The lowest BCUT2D eigenvalue weighted by Crippen LogP contribution is -1.92. The number of aliphatic hydroxyl groups excluding tert-OH is 1. The first-order chi connectivity index (χ1) is 5.72. The van der Waals surface area contributed by atoms with Gasteiger partial charge < -0.3 is 5.11 Å². The normalized spacial score (nSPS) is 27.3. The summed E-state index contributed by atoms with van der Waals surface area (Å²) in [6.07, 6.45) is -0.448. The summed E-state index contributed by atoms with van der Waals surface area (Å²) in [6.45, 7) is 5.96. The third kappa shape index (κ3) is 0.833. The van der Waals surface area contributed by atoms with Crippen LogP contribution in [0.1, 0.15) is 30.1 Å². The molecule has 0 aliphatic heterocycles. The van der Waals surface area contributed by atoms with Crippen LogP contribution in [0, 0.1) is 0 Å². The van der Waals surface area contributed by atoms with Gasteiger partial charge in [0.25, 0.3) is 0 Å². The van der Waals surface area contributed by atoms with Crippen molar-refractivity contribution < 1.29 is 5.11 Å². The van der Waals surface area contributed by atoms with E-state index in [1.54, 1.807) is 0 Å². The zero-order valence-corrected chi connectivity index (χ0v) is 7.12. The summed E-state index contributed by atoms with van der Waals surface area (Å²) in [5, 5.41) is 9.72. The fourth-order valence-corrected chi connectivity index (χ4v) is 1.79. The molecular weight excluding hydrogens is 148 g/mol. The van der Waals surface area contributed by atoms with Gasteiger partial charge in [0.1, 0.15) is 6.10 Å². The molecule has 1 aliphatic rings. The van der Waals surface area contributed by atoms with Crippen LogP contribution in [-0.4, -0.2) is 5.11 Å². The van der Waals surface area contributed by atoms with E-state index in [0.717, 1.165) is 11.1 Å². The molecule has 0 fully saturated rings. The zero-order chi connectivity index (χ0) is 8.72. The second-order valence-corrected chi connectivity index (χ2v) is 3.33. The fraction of sp³-hybridized carbons (Fsp3) is 0.273. The van der Waals surface area contributed by atoms with Crippen molar-refractivity contribution in [3.05, 3.63) is 47.5 Å². The molecule has 2 atom stereocenters. The molecule has 0 radical (unpaired) electrons.